The van der Waals surface area contributed by atoms with Crippen molar-refractivity contribution in [1.82, 2.24) is 29.7 Å². The van der Waals surface area contributed by atoms with Gasteiger partial charge in [-0.15, -0.1) is 0 Å². The molecule has 10 heteroatoms. The number of nitrogens with zero attached hydrogens (tertiary/aromatic N) is 5. The molecule has 1 N–H and O–H groups in total. The van der Waals surface area contributed by atoms with Crippen LogP contribution in [0, 0.1) is 5.92 Å². The number of aromatic nitrogens is 5. The summed E-state index contributed by atoms with van der Waals surface area (Å²) < 4.78 is 37.1. The standard InChI is InChI=1S/C30H34F2N6O2/c1-20(2)38-26(11-14-33-38)29(39)36-28(23-9-12-30(31,32)13-10-23)25-17-37-27(35-25)15-24(16-34-37)21(3)18-40-19-22-7-5-4-6-8-22/h4-8,11,14-17,20,23,28H,3,9-10,12-13,18-19H2,1-2H3,(H,36,39). The average Bonchev–Trinajstić information content (AvgIpc) is 3.60. The number of benzene rings is 1. The Kier molecular flexibility index (Phi) is 8.07. The lowest BCUT2D eigenvalue weighted by Crippen LogP contribution is -2.38. The normalized spacial score (nSPS) is 16.3. The van der Waals surface area contributed by atoms with Crippen LogP contribution in [0.4, 0.5) is 8.78 Å². The molecule has 8 nitrogen and oxygen atoms in total. The third-order valence-electron chi connectivity index (χ3n) is 7.37. The summed E-state index contributed by atoms with van der Waals surface area (Å²) in [5, 5.41) is 11.8. The van der Waals surface area contributed by atoms with Gasteiger partial charge in [-0.05, 0) is 55.9 Å². The predicted octanol–water partition coefficient (Wildman–Crippen LogP) is 6.03. The molecule has 210 valence electrons. The maximum atomic E-state index is 14.0. The third kappa shape index (κ3) is 6.28. The van der Waals surface area contributed by atoms with Crippen molar-refractivity contribution in [3.8, 4) is 0 Å². The first-order valence-electron chi connectivity index (χ1n) is 13.6. The first-order valence-corrected chi connectivity index (χ1v) is 13.6. The quantitative estimate of drug-likeness (QED) is 0.261. The number of halogens is 2. The number of amides is 1. The Morgan fingerprint density at radius 3 is 2.65 bits per heavy atom. The van der Waals surface area contributed by atoms with Crippen molar-refractivity contribution >= 4 is 17.1 Å². The number of rotatable bonds is 10. The van der Waals surface area contributed by atoms with E-state index in [2.05, 4.69) is 22.1 Å². The van der Waals surface area contributed by atoms with Crippen LogP contribution >= 0.6 is 0 Å². The van der Waals surface area contributed by atoms with Crippen LogP contribution in [0.25, 0.3) is 11.2 Å². The summed E-state index contributed by atoms with van der Waals surface area (Å²) in [4.78, 5) is 18.1. The van der Waals surface area contributed by atoms with Crippen LogP contribution in [-0.2, 0) is 11.3 Å². The van der Waals surface area contributed by atoms with Crippen LogP contribution in [0.15, 0.2) is 67.6 Å². The minimum atomic E-state index is -2.68. The predicted molar refractivity (Wildman–Crippen MR) is 148 cm³/mol. The molecule has 0 saturated heterocycles. The summed E-state index contributed by atoms with van der Waals surface area (Å²) in [5.41, 5.74) is 4.19. The number of carbonyl (C=O) groups excluding carboxylic acids is 1. The smallest absolute Gasteiger partial charge is 0.270 e. The SMILES string of the molecule is C=C(COCc1ccccc1)c1cnn2cc(C(NC(=O)c3ccnn3C(C)C)C3CCC(F)(F)CC3)nc2c1. The molecule has 5 rings (SSSR count). The molecule has 3 heterocycles. The molecule has 3 aromatic heterocycles. The van der Waals surface area contributed by atoms with E-state index in [1.165, 1.54) is 0 Å². The molecule has 1 amide bonds. The van der Waals surface area contributed by atoms with Gasteiger partial charge in [0.15, 0.2) is 5.65 Å². The van der Waals surface area contributed by atoms with E-state index >= 15 is 0 Å². The van der Waals surface area contributed by atoms with Gasteiger partial charge in [0.2, 0.25) is 5.92 Å². The highest BCUT2D eigenvalue weighted by Crippen LogP contribution is 2.41. The Labute approximate surface area is 232 Å². The lowest BCUT2D eigenvalue weighted by atomic mass is 9.81. The molecule has 1 aliphatic rings. The molecule has 1 atom stereocenters. The van der Waals surface area contributed by atoms with Crippen molar-refractivity contribution in [2.75, 3.05) is 6.61 Å². The summed E-state index contributed by atoms with van der Waals surface area (Å²) in [6.45, 7) is 8.83. The highest BCUT2D eigenvalue weighted by molar-refractivity contribution is 5.92. The highest BCUT2D eigenvalue weighted by atomic mass is 19.3. The molecule has 1 unspecified atom stereocenters. The van der Waals surface area contributed by atoms with Gasteiger partial charge < -0.3 is 10.1 Å². The van der Waals surface area contributed by atoms with Crippen LogP contribution in [0.3, 0.4) is 0 Å². The molecular formula is C30H34F2N6O2. The Morgan fingerprint density at radius 2 is 1.93 bits per heavy atom. The zero-order valence-corrected chi connectivity index (χ0v) is 22.8. The van der Waals surface area contributed by atoms with Gasteiger partial charge in [0.05, 0.1) is 37.3 Å². The average molecular weight is 549 g/mol. The number of carbonyl (C=O) groups is 1. The summed E-state index contributed by atoms with van der Waals surface area (Å²) in [6, 6.07) is 12.9. The van der Waals surface area contributed by atoms with Crippen molar-refractivity contribution in [1.29, 1.82) is 0 Å². The fourth-order valence-corrected chi connectivity index (χ4v) is 5.14. The van der Waals surface area contributed by atoms with Crippen LogP contribution in [-0.4, -0.2) is 42.8 Å². The van der Waals surface area contributed by atoms with Gasteiger partial charge in [0.25, 0.3) is 5.91 Å². The van der Waals surface area contributed by atoms with Gasteiger partial charge >= 0.3 is 0 Å². The number of hydrogen-bond acceptors (Lipinski definition) is 5. The number of imidazole rings is 1. The van der Waals surface area contributed by atoms with E-state index in [0.29, 0.717) is 30.2 Å². The fourth-order valence-electron chi connectivity index (χ4n) is 5.14. The molecule has 1 fully saturated rings. The molecule has 0 bridgehead atoms. The Bertz CT molecular complexity index is 1470. The fraction of sp³-hybridized carbons (Fsp3) is 0.400. The number of fused-ring (bicyclic) bond motifs is 1. The minimum absolute atomic E-state index is 0.00911. The van der Waals surface area contributed by atoms with Crippen molar-refractivity contribution < 1.29 is 18.3 Å². The third-order valence-corrected chi connectivity index (χ3v) is 7.37. The minimum Gasteiger partial charge on any atom is -0.372 e. The van der Waals surface area contributed by atoms with E-state index in [0.717, 1.165) is 16.7 Å². The molecule has 0 aliphatic heterocycles. The van der Waals surface area contributed by atoms with Crippen molar-refractivity contribution in [2.24, 2.45) is 5.92 Å². The Morgan fingerprint density at radius 1 is 1.18 bits per heavy atom. The highest BCUT2D eigenvalue weighted by Gasteiger charge is 2.39. The maximum absolute atomic E-state index is 14.0. The summed E-state index contributed by atoms with van der Waals surface area (Å²) in [5.74, 6) is -3.19. The second-order valence-corrected chi connectivity index (χ2v) is 10.7. The largest absolute Gasteiger partial charge is 0.372 e. The van der Waals surface area contributed by atoms with E-state index < -0.39 is 12.0 Å². The molecule has 0 radical (unpaired) electrons. The Hall–Kier alpha value is -3.92. The first-order chi connectivity index (χ1) is 19.2. The zero-order valence-electron chi connectivity index (χ0n) is 22.8. The topological polar surface area (TPSA) is 86.3 Å². The van der Waals surface area contributed by atoms with Crippen LogP contribution in [0.1, 0.15) is 78.9 Å². The molecule has 1 aromatic carbocycles. The second-order valence-electron chi connectivity index (χ2n) is 10.7. The summed E-state index contributed by atoms with van der Waals surface area (Å²) >= 11 is 0. The van der Waals surface area contributed by atoms with Crippen molar-refractivity contribution in [3.05, 3.63) is 90.1 Å². The van der Waals surface area contributed by atoms with Gasteiger partial charge in [0.1, 0.15) is 5.69 Å². The van der Waals surface area contributed by atoms with Crippen LogP contribution in [0.5, 0.6) is 0 Å². The van der Waals surface area contributed by atoms with Gasteiger partial charge in [0, 0.05) is 30.6 Å². The van der Waals surface area contributed by atoms with E-state index in [9.17, 15) is 13.6 Å². The molecule has 1 saturated carbocycles. The molecule has 1 aliphatic carbocycles. The number of alkyl halides is 2. The van der Waals surface area contributed by atoms with Gasteiger partial charge in [-0.3, -0.25) is 9.48 Å². The summed E-state index contributed by atoms with van der Waals surface area (Å²) in [6.07, 6.45) is 5.16. The van der Waals surface area contributed by atoms with Gasteiger partial charge in [-0.25, -0.2) is 18.3 Å². The second kappa shape index (κ2) is 11.7. The van der Waals surface area contributed by atoms with Crippen LogP contribution in [0.2, 0.25) is 0 Å². The van der Waals surface area contributed by atoms with E-state index in [1.54, 1.807) is 33.9 Å². The zero-order chi connectivity index (χ0) is 28.3. The lowest BCUT2D eigenvalue weighted by molar-refractivity contribution is -0.0495. The molecular weight excluding hydrogens is 514 g/mol. The molecule has 0 spiro atoms. The van der Waals surface area contributed by atoms with Gasteiger partial charge in [-0.2, -0.15) is 10.2 Å². The van der Waals surface area contributed by atoms with Gasteiger partial charge in [-0.1, -0.05) is 36.9 Å². The lowest BCUT2D eigenvalue weighted by Gasteiger charge is -2.33. The number of hydrogen-bond donors (Lipinski definition) is 1. The summed E-state index contributed by atoms with van der Waals surface area (Å²) in [7, 11) is 0. The number of ether oxygens (including phenoxy) is 1. The Balaban J connectivity index is 1.36. The van der Waals surface area contributed by atoms with Crippen molar-refractivity contribution in [3.63, 3.8) is 0 Å². The van der Waals surface area contributed by atoms with Crippen LogP contribution < -0.4 is 5.32 Å². The van der Waals surface area contributed by atoms with E-state index in [1.807, 2.05) is 50.2 Å². The van der Waals surface area contributed by atoms with E-state index in [-0.39, 0.29) is 43.6 Å². The molecule has 40 heavy (non-hydrogen) atoms. The van der Waals surface area contributed by atoms with Crippen molar-refractivity contribution in [2.45, 2.75) is 64.1 Å². The first kappa shape index (κ1) is 27.6. The number of nitrogens with one attached hydrogen (secondary N) is 1. The monoisotopic (exact) mass is 548 g/mol. The van der Waals surface area contributed by atoms with E-state index in [4.69, 9.17) is 9.72 Å². The maximum Gasteiger partial charge on any atom is 0.270 e. The molecule has 4 aromatic rings.